The Hall–Kier alpha value is -0.840. The molecule has 0 radical (unpaired) electrons. The van der Waals surface area contributed by atoms with Crippen molar-refractivity contribution in [1.82, 2.24) is 15.6 Å². The molecule has 0 spiro atoms. The molecular weight excluding hydrogens is 297 g/mol. The molecule has 0 aliphatic carbocycles. The lowest BCUT2D eigenvalue weighted by molar-refractivity contribution is -0.127. The van der Waals surface area contributed by atoms with Crippen molar-refractivity contribution >= 4 is 30.7 Å². The van der Waals surface area contributed by atoms with Crippen LogP contribution in [-0.2, 0) is 11.2 Å². The maximum absolute atomic E-state index is 12.2. The van der Waals surface area contributed by atoms with Crippen molar-refractivity contribution in [3.8, 4) is 0 Å². The van der Waals surface area contributed by atoms with Crippen LogP contribution in [0.15, 0.2) is 24.4 Å². The Morgan fingerprint density at radius 3 is 2.80 bits per heavy atom. The van der Waals surface area contributed by atoms with Crippen LogP contribution in [0.4, 0.5) is 0 Å². The van der Waals surface area contributed by atoms with E-state index in [2.05, 4.69) is 22.5 Å². The first-order valence-electron chi connectivity index (χ1n) is 6.70. The summed E-state index contributed by atoms with van der Waals surface area (Å²) in [6, 6.07) is 5.85. The normalized spacial score (nSPS) is 20.6. The molecule has 0 aromatic carbocycles. The van der Waals surface area contributed by atoms with Crippen LogP contribution in [-0.4, -0.2) is 29.5 Å². The molecule has 2 heterocycles. The maximum Gasteiger partial charge on any atom is 0.240 e. The average Bonchev–Trinajstić information content (AvgIpc) is 2.90. The number of nitrogens with zero attached hydrogens (tertiary/aromatic N) is 1. The van der Waals surface area contributed by atoms with E-state index in [1.807, 2.05) is 18.2 Å². The lowest BCUT2D eigenvalue weighted by Crippen LogP contribution is -2.53. The summed E-state index contributed by atoms with van der Waals surface area (Å²) < 4.78 is 0. The highest BCUT2D eigenvalue weighted by Crippen LogP contribution is 2.22. The Bertz CT molecular complexity index is 395. The van der Waals surface area contributed by atoms with Crippen molar-refractivity contribution in [1.29, 1.82) is 0 Å². The van der Waals surface area contributed by atoms with E-state index in [1.54, 1.807) is 6.20 Å². The molecule has 1 aliphatic rings. The fraction of sp³-hybridized carbons (Fsp3) is 0.571. The van der Waals surface area contributed by atoms with E-state index in [1.165, 1.54) is 0 Å². The van der Waals surface area contributed by atoms with Gasteiger partial charge in [-0.25, -0.2) is 0 Å². The van der Waals surface area contributed by atoms with Crippen LogP contribution in [0.1, 0.15) is 31.9 Å². The van der Waals surface area contributed by atoms with Gasteiger partial charge in [0.05, 0.1) is 5.54 Å². The molecule has 0 bridgehead atoms. The average molecular weight is 320 g/mol. The van der Waals surface area contributed by atoms with E-state index in [0.29, 0.717) is 6.54 Å². The smallest absolute Gasteiger partial charge is 0.240 e. The summed E-state index contributed by atoms with van der Waals surface area (Å²) in [6.45, 7) is 3.66. The van der Waals surface area contributed by atoms with Gasteiger partial charge < -0.3 is 10.6 Å². The summed E-state index contributed by atoms with van der Waals surface area (Å²) in [5.41, 5.74) is 0.687. The number of carbonyl (C=O) groups excluding carboxylic acids is 1. The molecule has 114 valence electrons. The molecule has 1 saturated heterocycles. The number of carbonyl (C=O) groups is 1. The van der Waals surface area contributed by atoms with Crippen LogP contribution in [0.2, 0.25) is 0 Å². The molecule has 1 aromatic heterocycles. The number of nitrogens with one attached hydrogen (secondary N) is 2. The lowest BCUT2D eigenvalue weighted by atomic mass is 9.93. The summed E-state index contributed by atoms with van der Waals surface area (Å²) in [4.78, 5) is 16.4. The number of aromatic nitrogens is 1. The maximum atomic E-state index is 12.2. The second-order valence-electron chi connectivity index (χ2n) is 4.79. The van der Waals surface area contributed by atoms with Crippen LogP contribution in [0, 0.1) is 0 Å². The Morgan fingerprint density at radius 2 is 2.25 bits per heavy atom. The van der Waals surface area contributed by atoms with Crippen LogP contribution in [0.5, 0.6) is 0 Å². The highest BCUT2D eigenvalue weighted by Gasteiger charge is 2.38. The van der Waals surface area contributed by atoms with E-state index in [-0.39, 0.29) is 36.3 Å². The predicted octanol–water partition coefficient (Wildman–Crippen LogP) is 2.12. The number of rotatable bonds is 5. The lowest BCUT2D eigenvalue weighted by Gasteiger charge is -2.26. The first-order chi connectivity index (χ1) is 8.77. The SMILES string of the molecule is CCC1(C(=O)NCCc2ccccn2)CCCN1.Cl.Cl. The monoisotopic (exact) mass is 319 g/mol. The van der Waals surface area contributed by atoms with E-state index < -0.39 is 0 Å². The first kappa shape index (κ1) is 19.2. The van der Waals surface area contributed by atoms with Gasteiger partial charge in [0.2, 0.25) is 5.91 Å². The van der Waals surface area contributed by atoms with Crippen molar-refractivity contribution in [3.63, 3.8) is 0 Å². The highest BCUT2D eigenvalue weighted by atomic mass is 35.5. The van der Waals surface area contributed by atoms with Crippen molar-refractivity contribution in [3.05, 3.63) is 30.1 Å². The quantitative estimate of drug-likeness (QED) is 0.874. The second kappa shape index (κ2) is 9.16. The van der Waals surface area contributed by atoms with E-state index in [9.17, 15) is 4.79 Å². The minimum absolute atomic E-state index is 0. The van der Waals surface area contributed by atoms with Crippen molar-refractivity contribution in [2.75, 3.05) is 13.1 Å². The van der Waals surface area contributed by atoms with Gasteiger partial charge in [-0.2, -0.15) is 0 Å². The summed E-state index contributed by atoms with van der Waals surface area (Å²) in [7, 11) is 0. The predicted molar refractivity (Wildman–Crippen MR) is 85.7 cm³/mol. The van der Waals surface area contributed by atoms with Gasteiger partial charge in [0.15, 0.2) is 0 Å². The van der Waals surface area contributed by atoms with Gasteiger partial charge in [0, 0.05) is 24.9 Å². The molecule has 0 saturated carbocycles. The summed E-state index contributed by atoms with van der Waals surface area (Å²) in [6.07, 6.45) is 5.44. The van der Waals surface area contributed by atoms with Crippen LogP contribution < -0.4 is 10.6 Å². The van der Waals surface area contributed by atoms with Crippen LogP contribution >= 0.6 is 24.8 Å². The Morgan fingerprint density at radius 1 is 1.45 bits per heavy atom. The third kappa shape index (κ3) is 4.62. The van der Waals surface area contributed by atoms with E-state index in [4.69, 9.17) is 0 Å². The number of hydrogen-bond acceptors (Lipinski definition) is 3. The van der Waals surface area contributed by atoms with Gasteiger partial charge in [0.25, 0.3) is 0 Å². The first-order valence-corrected chi connectivity index (χ1v) is 6.70. The van der Waals surface area contributed by atoms with Gasteiger partial charge in [-0.1, -0.05) is 13.0 Å². The van der Waals surface area contributed by atoms with Gasteiger partial charge >= 0.3 is 0 Å². The molecule has 1 atom stereocenters. The largest absolute Gasteiger partial charge is 0.354 e. The van der Waals surface area contributed by atoms with Gasteiger partial charge in [-0.05, 0) is 37.9 Å². The van der Waals surface area contributed by atoms with Crippen LogP contribution in [0.3, 0.4) is 0 Å². The zero-order chi connectivity index (χ0) is 12.8. The molecule has 1 fully saturated rings. The van der Waals surface area contributed by atoms with Gasteiger partial charge in [-0.15, -0.1) is 24.8 Å². The second-order valence-corrected chi connectivity index (χ2v) is 4.79. The Labute approximate surface area is 132 Å². The van der Waals surface area contributed by atoms with Crippen molar-refractivity contribution in [2.45, 2.75) is 38.1 Å². The third-order valence-electron chi connectivity index (χ3n) is 3.67. The minimum atomic E-state index is -0.329. The molecular formula is C14H23Cl2N3O. The molecule has 20 heavy (non-hydrogen) atoms. The number of halogens is 2. The molecule has 4 nitrogen and oxygen atoms in total. The fourth-order valence-corrected chi connectivity index (χ4v) is 2.48. The van der Waals surface area contributed by atoms with Gasteiger partial charge in [0.1, 0.15) is 0 Å². The summed E-state index contributed by atoms with van der Waals surface area (Å²) >= 11 is 0. The molecule has 6 heteroatoms. The number of hydrogen-bond donors (Lipinski definition) is 2. The third-order valence-corrected chi connectivity index (χ3v) is 3.67. The van der Waals surface area contributed by atoms with E-state index >= 15 is 0 Å². The molecule has 2 N–H and O–H groups in total. The number of amides is 1. The fourth-order valence-electron chi connectivity index (χ4n) is 2.48. The molecule has 2 rings (SSSR count). The standard InChI is InChI=1S/C14H21N3O.2ClH/c1-2-14(8-5-10-17-14)13(18)16-11-7-12-6-3-4-9-15-12;;/h3-4,6,9,17H,2,5,7-8,10-11H2,1H3,(H,16,18);2*1H. The van der Waals surface area contributed by atoms with Crippen LogP contribution in [0.25, 0.3) is 0 Å². The molecule has 1 aromatic rings. The van der Waals surface area contributed by atoms with Crippen molar-refractivity contribution in [2.24, 2.45) is 0 Å². The summed E-state index contributed by atoms with van der Waals surface area (Å²) in [5, 5.41) is 6.36. The Balaban J connectivity index is 0.00000180. The molecule has 1 unspecified atom stereocenters. The van der Waals surface area contributed by atoms with Gasteiger partial charge in [-0.3, -0.25) is 9.78 Å². The Kier molecular flexibility index (Phi) is 8.78. The van der Waals surface area contributed by atoms with Crippen molar-refractivity contribution < 1.29 is 4.79 Å². The van der Waals surface area contributed by atoms with E-state index in [0.717, 1.165) is 37.9 Å². The topological polar surface area (TPSA) is 54.0 Å². The minimum Gasteiger partial charge on any atom is -0.354 e. The molecule has 1 aliphatic heterocycles. The number of pyridine rings is 1. The zero-order valence-electron chi connectivity index (χ0n) is 11.7. The summed E-state index contributed by atoms with van der Waals surface area (Å²) in [5.74, 6) is 0.137. The molecule has 1 amide bonds. The highest BCUT2D eigenvalue weighted by molar-refractivity contribution is 5.86. The zero-order valence-corrected chi connectivity index (χ0v) is 13.4.